The lowest BCUT2D eigenvalue weighted by atomic mass is 9.61. The van der Waals surface area contributed by atoms with Gasteiger partial charge in [-0.3, -0.25) is 4.79 Å². The Bertz CT molecular complexity index is 1170. The maximum absolute atomic E-state index is 14.2. The third-order valence-corrected chi connectivity index (χ3v) is 10.4. The molecule has 4 fully saturated rings. The second kappa shape index (κ2) is 11.2. The molecule has 0 amide bonds. The van der Waals surface area contributed by atoms with Crippen molar-refractivity contribution in [2.24, 2.45) is 28.6 Å². The summed E-state index contributed by atoms with van der Waals surface area (Å²) in [4.78, 5) is 12.3. The zero-order valence-electron chi connectivity index (χ0n) is 23.7. The summed E-state index contributed by atoms with van der Waals surface area (Å²) in [5, 5.41) is 30.8. The van der Waals surface area contributed by atoms with Crippen molar-refractivity contribution < 1.29 is 50.8 Å². The van der Waals surface area contributed by atoms with Gasteiger partial charge in [-0.15, -0.1) is 0 Å². The third kappa shape index (κ3) is 5.54. The first-order valence-corrected chi connectivity index (χ1v) is 14.5. The van der Waals surface area contributed by atoms with Crippen molar-refractivity contribution in [2.45, 2.75) is 108 Å². The van der Waals surface area contributed by atoms with Crippen LogP contribution >= 0.6 is 0 Å². The average Bonchev–Trinajstić information content (AvgIpc) is 3.62. The van der Waals surface area contributed by atoms with Crippen LogP contribution in [0, 0.1) is 28.6 Å². The van der Waals surface area contributed by atoms with Gasteiger partial charge in [0, 0.05) is 6.42 Å². The van der Waals surface area contributed by atoms with Gasteiger partial charge in [-0.05, 0) is 85.7 Å². The van der Waals surface area contributed by atoms with E-state index in [0.29, 0.717) is 12.0 Å². The molecule has 0 unspecified atom stereocenters. The Morgan fingerprint density at radius 3 is 2.26 bits per heavy atom. The molecule has 4 aliphatic rings. The fourth-order valence-corrected chi connectivity index (χ4v) is 7.63. The normalized spacial score (nSPS) is 35.5. The van der Waals surface area contributed by atoms with Crippen LogP contribution < -0.4 is 0 Å². The van der Waals surface area contributed by atoms with Crippen LogP contribution in [0.5, 0.6) is 0 Å². The summed E-state index contributed by atoms with van der Waals surface area (Å²) in [7, 11) is 0. The Morgan fingerprint density at radius 1 is 1.02 bits per heavy atom. The fraction of sp³-hybridized carbons (Fsp3) is 0.710. The monoisotopic (exact) mass is 608 g/mol. The lowest BCUT2D eigenvalue weighted by Crippen LogP contribution is -2.59. The summed E-state index contributed by atoms with van der Waals surface area (Å²) in [6.07, 6.45) is 0.943. The number of fused-ring (bicyclic) bond motifs is 1. The van der Waals surface area contributed by atoms with E-state index in [1.807, 2.05) is 13.0 Å². The van der Waals surface area contributed by atoms with E-state index in [0.717, 1.165) is 43.8 Å². The largest absolute Gasteiger partial charge is 0.460 e. The Labute approximate surface area is 241 Å². The summed E-state index contributed by atoms with van der Waals surface area (Å²) in [6.45, 7) is 8.01. The van der Waals surface area contributed by atoms with Crippen molar-refractivity contribution in [3.8, 4) is 0 Å². The zero-order chi connectivity index (χ0) is 31.5. The summed E-state index contributed by atoms with van der Waals surface area (Å²) in [5.74, 6) is -15.0. The van der Waals surface area contributed by atoms with Gasteiger partial charge in [0.1, 0.15) is 0 Å². The molecule has 4 saturated carbocycles. The Balaban J connectivity index is 1.48. The average molecular weight is 609 g/mol. The van der Waals surface area contributed by atoms with Crippen molar-refractivity contribution in [3.05, 3.63) is 47.6 Å². The minimum Gasteiger partial charge on any atom is -0.393 e. The maximum Gasteiger partial charge on any atom is 0.460 e. The lowest BCUT2D eigenvalue weighted by molar-refractivity contribution is -0.344. The number of allylic oxidation sites excluding steroid dienone is 4. The molecule has 11 heteroatoms. The van der Waals surface area contributed by atoms with Gasteiger partial charge in [-0.2, -0.15) is 30.7 Å². The molecule has 0 spiro atoms. The molecule has 0 radical (unpaired) electrons. The molecule has 4 rings (SSSR count). The molecule has 4 aliphatic carbocycles. The molecule has 7 atom stereocenters. The Hall–Kier alpha value is -1.98. The SMILES string of the molecule is C=C1C(=CC=C2CCC[C@]3(C)[C@@H]([C@H](C)C=C[C@H](O)C4(C(=O)C(F)(F)C(F)(F)C(F)(F)F)CC4)CC[C@@H]23)C[C@@H](O)C[C@@H]1O. The molecule has 0 aromatic heterocycles. The van der Waals surface area contributed by atoms with Crippen LogP contribution in [-0.4, -0.2) is 57.4 Å². The van der Waals surface area contributed by atoms with Crippen LogP contribution in [0.15, 0.2) is 47.6 Å². The highest BCUT2D eigenvalue weighted by atomic mass is 19.4. The van der Waals surface area contributed by atoms with Crippen LogP contribution in [0.25, 0.3) is 0 Å². The molecule has 0 aromatic rings. The van der Waals surface area contributed by atoms with E-state index in [2.05, 4.69) is 19.6 Å². The Morgan fingerprint density at radius 2 is 1.67 bits per heavy atom. The summed E-state index contributed by atoms with van der Waals surface area (Å²) in [5.41, 5.74) is 0.129. The van der Waals surface area contributed by atoms with Crippen molar-refractivity contribution in [2.75, 3.05) is 0 Å². The minimum absolute atomic E-state index is 0.109. The molecular formula is C31H39F7O4. The minimum atomic E-state index is -6.62. The summed E-state index contributed by atoms with van der Waals surface area (Å²) >= 11 is 0. The topological polar surface area (TPSA) is 77.8 Å². The predicted octanol–water partition coefficient (Wildman–Crippen LogP) is 6.86. The number of rotatable bonds is 8. The standard InChI is InChI=1S/C31H39F7O4/c1-17(6-11-25(41)28(13-14-28)26(42)29(32,33)30(34,35)31(36,37)38)22-9-10-23-19(5-4-12-27(22,23)3)7-8-20-15-21(39)16-24(40)18(20)2/h6-8,11,17,21-25,39-41H,2,4-5,9-10,12-16H2,1,3H3/t17-,21-,22-,23+,24+,25+,27-/m1/s1. The summed E-state index contributed by atoms with van der Waals surface area (Å²) in [6, 6.07) is 0. The number of carbonyl (C=O) groups is 1. The van der Waals surface area contributed by atoms with E-state index in [-0.39, 0.29) is 29.6 Å². The van der Waals surface area contributed by atoms with E-state index < -0.39 is 60.4 Å². The van der Waals surface area contributed by atoms with Gasteiger partial charge in [0.05, 0.1) is 23.7 Å². The fourth-order valence-electron chi connectivity index (χ4n) is 7.63. The van der Waals surface area contributed by atoms with E-state index in [1.54, 1.807) is 6.08 Å². The van der Waals surface area contributed by atoms with Crippen molar-refractivity contribution in [1.82, 2.24) is 0 Å². The lowest BCUT2D eigenvalue weighted by Gasteiger charge is -2.44. The number of aliphatic hydroxyl groups is 3. The van der Waals surface area contributed by atoms with E-state index >= 15 is 0 Å². The van der Waals surface area contributed by atoms with E-state index in [9.17, 15) is 50.8 Å². The number of hydrogen-bond acceptors (Lipinski definition) is 4. The quantitative estimate of drug-likeness (QED) is 0.208. The number of ketones is 1. The van der Waals surface area contributed by atoms with Gasteiger partial charge in [0.25, 0.3) is 0 Å². The molecule has 0 heterocycles. The van der Waals surface area contributed by atoms with Gasteiger partial charge in [-0.25, -0.2) is 0 Å². The maximum atomic E-state index is 14.2. The number of halogens is 7. The molecule has 0 aromatic carbocycles. The van der Waals surface area contributed by atoms with E-state index in [4.69, 9.17) is 0 Å². The molecule has 4 nitrogen and oxygen atoms in total. The van der Waals surface area contributed by atoms with Gasteiger partial charge < -0.3 is 15.3 Å². The molecule has 236 valence electrons. The van der Waals surface area contributed by atoms with Crippen LogP contribution in [0.4, 0.5) is 30.7 Å². The van der Waals surface area contributed by atoms with Gasteiger partial charge in [0.2, 0.25) is 5.78 Å². The van der Waals surface area contributed by atoms with Gasteiger partial charge in [-0.1, -0.05) is 50.3 Å². The van der Waals surface area contributed by atoms with Gasteiger partial charge >= 0.3 is 18.0 Å². The first kappa shape index (κ1) is 32.9. The second-order valence-corrected chi connectivity index (χ2v) is 13.0. The third-order valence-electron chi connectivity index (χ3n) is 10.4. The first-order chi connectivity index (χ1) is 19.3. The van der Waals surface area contributed by atoms with Crippen LogP contribution in [-0.2, 0) is 4.79 Å². The highest BCUT2D eigenvalue weighted by molar-refractivity contribution is 5.95. The molecule has 0 bridgehead atoms. The predicted molar refractivity (Wildman–Crippen MR) is 142 cm³/mol. The van der Waals surface area contributed by atoms with Crippen molar-refractivity contribution in [3.63, 3.8) is 0 Å². The highest BCUT2D eigenvalue weighted by Crippen LogP contribution is 2.60. The highest BCUT2D eigenvalue weighted by Gasteiger charge is 2.79. The number of alkyl halides is 7. The van der Waals surface area contributed by atoms with Crippen LogP contribution in [0.3, 0.4) is 0 Å². The van der Waals surface area contributed by atoms with Crippen LogP contribution in [0.1, 0.15) is 71.6 Å². The Kier molecular flexibility index (Phi) is 8.77. The zero-order valence-corrected chi connectivity index (χ0v) is 23.7. The molecule has 0 aliphatic heterocycles. The molecule has 42 heavy (non-hydrogen) atoms. The molecular weight excluding hydrogens is 569 g/mol. The van der Waals surface area contributed by atoms with Crippen molar-refractivity contribution >= 4 is 5.78 Å². The first-order valence-electron chi connectivity index (χ1n) is 14.5. The molecule has 3 N–H and O–H groups in total. The number of carbonyl (C=O) groups excluding carboxylic acids is 1. The summed E-state index contributed by atoms with van der Waals surface area (Å²) < 4.78 is 93.2. The van der Waals surface area contributed by atoms with Crippen molar-refractivity contribution in [1.29, 1.82) is 0 Å². The van der Waals surface area contributed by atoms with Crippen LogP contribution in [0.2, 0.25) is 0 Å². The smallest absolute Gasteiger partial charge is 0.393 e. The second-order valence-electron chi connectivity index (χ2n) is 13.0. The molecule has 0 saturated heterocycles. The number of aliphatic hydroxyl groups excluding tert-OH is 3. The number of Topliss-reactive ketones (excluding diaryl/α,β-unsaturated/α-hetero) is 1. The van der Waals surface area contributed by atoms with Gasteiger partial charge in [0.15, 0.2) is 0 Å². The van der Waals surface area contributed by atoms with E-state index in [1.165, 1.54) is 5.57 Å². The number of hydrogen-bond donors (Lipinski definition) is 3.